The molecule has 4 aliphatic rings. The maximum Gasteiger partial charge on any atom is 0.0746 e. The van der Waals surface area contributed by atoms with Crippen LogP contribution in [0.1, 0.15) is 72.2 Å². The maximum atomic E-state index is 2.61. The van der Waals surface area contributed by atoms with Crippen LogP contribution in [-0.4, -0.2) is 0 Å². The van der Waals surface area contributed by atoms with Gasteiger partial charge in [0.25, 0.3) is 0 Å². The van der Waals surface area contributed by atoms with Crippen molar-refractivity contribution in [3.63, 3.8) is 0 Å². The minimum absolute atomic E-state index is 0.157. The molecule has 0 aliphatic heterocycles. The van der Waals surface area contributed by atoms with E-state index in [1.54, 1.807) is 0 Å². The normalized spacial score (nSPS) is 15.5. The molecule has 0 radical (unpaired) electrons. The zero-order chi connectivity index (χ0) is 41.5. The number of hydrogen-bond donors (Lipinski definition) is 0. The van der Waals surface area contributed by atoms with Gasteiger partial charge in [-0.25, -0.2) is 0 Å². The molecule has 0 aromatic heterocycles. The predicted octanol–water partition coefficient (Wildman–Crippen LogP) is 15.8. The van der Waals surface area contributed by atoms with Crippen molar-refractivity contribution in [1.29, 1.82) is 0 Å². The van der Waals surface area contributed by atoms with E-state index < -0.39 is 5.41 Å². The number of fused-ring (bicyclic) bond motifs is 18. The van der Waals surface area contributed by atoms with Crippen LogP contribution in [0.15, 0.2) is 200 Å². The first-order valence-corrected chi connectivity index (χ1v) is 22.1. The Hall–Kier alpha value is -7.22. The number of hydrogen-bond acceptors (Lipinski definition) is 1. The molecule has 1 heteroatoms. The molecule has 0 saturated heterocycles. The summed E-state index contributed by atoms with van der Waals surface area (Å²) in [5.41, 5.74) is 26.3. The van der Waals surface area contributed by atoms with Gasteiger partial charge < -0.3 is 4.90 Å². The third kappa shape index (κ3) is 4.43. The average Bonchev–Trinajstić information content (AvgIpc) is 3.81. The number of benzene rings is 9. The van der Waals surface area contributed by atoms with Crippen LogP contribution < -0.4 is 4.90 Å². The fourth-order valence-corrected chi connectivity index (χ4v) is 12.4. The average molecular weight is 792 g/mol. The fourth-order valence-electron chi connectivity index (χ4n) is 12.4. The highest BCUT2D eigenvalue weighted by Crippen LogP contribution is 2.64. The number of nitrogens with zero attached hydrogens (tertiary/aromatic N) is 1. The molecule has 0 saturated carbocycles. The van der Waals surface area contributed by atoms with Crippen LogP contribution >= 0.6 is 0 Å². The van der Waals surface area contributed by atoms with Crippen molar-refractivity contribution >= 4 is 17.1 Å². The summed E-state index contributed by atoms with van der Waals surface area (Å²) >= 11 is 0. The van der Waals surface area contributed by atoms with Crippen LogP contribution in [0.5, 0.6) is 0 Å². The lowest BCUT2D eigenvalue weighted by Gasteiger charge is -2.39. The Morgan fingerprint density at radius 1 is 0.274 bits per heavy atom. The Morgan fingerprint density at radius 3 is 1.03 bits per heavy atom. The molecule has 0 atom stereocenters. The van der Waals surface area contributed by atoms with Gasteiger partial charge in [0.05, 0.1) is 11.1 Å². The molecule has 0 fully saturated rings. The Balaban J connectivity index is 1.15. The summed E-state index contributed by atoms with van der Waals surface area (Å²) < 4.78 is 0. The molecule has 0 amide bonds. The second kappa shape index (κ2) is 12.4. The summed E-state index contributed by atoms with van der Waals surface area (Å²) in [5, 5.41) is 0. The number of anilines is 3. The van der Waals surface area contributed by atoms with Crippen molar-refractivity contribution in [2.45, 2.75) is 43.9 Å². The Bertz CT molecular complexity index is 3200. The first-order valence-electron chi connectivity index (χ1n) is 22.1. The smallest absolute Gasteiger partial charge is 0.0746 e. The van der Waals surface area contributed by atoms with E-state index in [2.05, 4.69) is 233 Å². The van der Waals surface area contributed by atoms with Gasteiger partial charge in [-0.15, -0.1) is 0 Å². The second-order valence-corrected chi connectivity index (χ2v) is 18.8. The van der Waals surface area contributed by atoms with Crippen molar-refractivity contribution in [3.05, 3.63) is 245 Å². The van der Waals surface area contributed by atoms with Gasteiger partial charge in [-0.3, -0.25) is 0 Å². The molecule has 0 bridgehead atoms. The van der Waals surface area contributed by atoms with E-state index in [1.807, 2.05) is 0 Å². The van der Waals surface area contributed by atoms with E-state index >= 15 is 0 Å². The van der Waals surface area contributed by atoms with Crippen LogP contribution in [0.25, 0.3) is 55.6 Å². The van der Waals surface area contributed by atoms with Gasteiger partial charge in [0.15, 0.2) is 0 Å². The third-order valence-electron chi connectivity index (χ3n) is 15.1. The first-order chi connectivity index (χ1) is 30.3. The molecule has 294 valence electrons. The van der Waals surface area contributed by atoms with Gasteiger partial charge in [-0.05, 0) is 125 Å². The van der Waals surface area contributed by atoms with E-state index in [0.29, 0.717) is 0 Å². The number of rotatable bonds is 3. The lowest BCUT2D eigenvalue weighted by Crippen LogP contribution is -2.31. The Morgan fingerprint density at radius 2 is 0.597 bits per heavy atom. The van der Waals surface area contributed by atoms with Crippen LogP contribution in [0, 0.1) is 0 Å². The SMILES string of the molecule is CC1(C)c2ccccc2-c2ccc(N(c3ccc4c(c3)C(C)(C)c3ccccc3-4)c3cccc4c3C3(c5ccccc5-c5ccccc5-c5ccccc53)c3ccccc3-4)cc21. The topological polar surface area (TPSA) is 3.24 Å². The molecule has 1 nitrogen and oxygen atoms in total. The van der Waals surface area contributed by atoms with Gasteiger partial charge in [0, 0.05) is 27.8 Å². The summed E-state index contributed by atoms with van der Waals surface area (Å²) in [6.07, 6.45) is 0. The zero-order valence-electron chi connectivity index (χ0n) is 35.5. The molecule has 9 aromatic carbocycles. The van der Waals surface area contributed by atoms with E-state index in [1.165, 1.54) is 106 Å². The molecular formula is C61H45N. The second-order valence-electron chi connectivity index (χ2n) is 18.8. The molecule has 1 spiro atoms. The molecular weight excluding hydrogens is 747 g/mol. The van der Waals surface area contributed by atoms with E-state index in [-0.39, 0.29) is 10.8 Å². The highest BCUT2D eigenvalue weighted by Gasteiger charge is 2.52. The van der Waals surface area contributed by atoms with E-state index in [4.69, 9.17) is 0 Å². The lowest BCUT2D eigenvalue weighted by molar-refractivity contribution is 0.660. The van der Waals surface area contributed by atoms with Crippen LogP contribution in [0.3, 0.4) is 0 Å². The molecule has 62 heavy (non-hydrogen) atoms. The van der Waals surface area contributed by atoms with Gasteiger partial charge in [0.2, 0.25) is 0 Å². The van der Waals surface area contributed by atoms with E-state index in [9.17, 15) is 0 Å². The standard InChI is InChI=1S/C61H45N/c1-59(2)50-26-12-7-22-44(50)47-34-32-38(36-55(47)59)62(39-33-35-48-45-23-8-13-27-51(45)60(3,4)56(48)37-39)57-31-17-25-49-46-24-11-16-30-54(46)61(58(49)57)52-28-14-9-20-42(52)40-18-5-6-19-41(40)43-21-10-15-29-53(43)61/h5-37H,1-4H3. The molecule has 4 aliphatic carbocycles. The Kier molecular flexibility index (Phi) is 7.12. The quantitative estimate of drug-likeness (QED) is 0.172. The van der Waals surface area contributed by atoms with Crippen molar-refractivity contribution in [1.82, 2.24) is 0 Å². The van der Waals surface area contributed by atoms with Crippen molar-refractivity contribution < 1.29 is 0 Å². The first kappa shape index (κ1) is 35.5. The van der Waals surface area contributed by atoms with Gasteiger partial charge in [-0.1, -0.05) is 198 Å². The minimum Gasteiger partial charge on any atom is -0.310 e. The van der Waals surface area contributed by atoms with Crippen LogP contribution in [-0.2, 0) is 16.2 Å². The van der Waals surface area contributed by atoms with Crippen LogP contribution in [0.2, 0.25) is 0 Å². The molecule has 0 unspecified atom stereocenters. The van der Waals surface area contributed by atoms with Crippen molar-refractivity contribution in [2.75, 3.05) is 4.90 Å². The summed E-state index contributed by atoms with van der Waals surface area (Å²) in [6.45, 7) is 9.57. The molecule has 9 aromatic rings. The molecule has 0 heterocycles. The summed E-state index contributed by atoms with van der Waals surface area (Å²) in [5.74, 6) is 0. The predicted molar refractivity (Wildman–Crippen MR) is 258 cm³/mol. The fraction of sp³-hybridized carbons (Fsp3) is 0.115. The summed E-state index contributed by atoms with van der Waals surface area (Å²) in [6, 6.07) is 76.3. The van der Waals surface area contributed by atoms with E-state index in [0.717, 1.165) is 11.4 Å². The molecule has 13 rings (SSSR count). The monoisotopic (exact) mass is 791 g/mol. The van der Waals surface area contributed by atoms with Crippen LogP contribution in [0.4, 0.5) is 17.1 Å². The van der Waals surface area contributed by atoms with Gasteiger partial charge >= 0.3 is 0 Å². The largest absolute Gasteiger partial charge is 0.310 e. The summed E-state index contributed by atoms with van der Waals surface area (Å²) in [7, 11) is 0. The lowest BCUT2D eigenvalue weighted by atomic mass is 9.65. The van der Waals surface area contributed by atoms with Crippen molar-refractivity contribution in [2.24, 2.45) is 0 Å². The third-order valence-corrected chi connectivity index (χ3v) is 15.1. The minimum atomic E-state index is -0.633. The van der Waals surface area contributed by atoms with Gasteiger partial charge in [-0.2, -0.15) is 0 Å². The Labute approximate surface area is 364 Å². The maximum absolute atomic E-state index is 2.61. The zero-order valence-corrected chi connectivity index (χ0v) is 35.5. The highest BCUT2D eigenvalue weighted by molar-refractivity contribution is 6.01. The summed E-state index contributed by atoms with van der Waals surface area (Å²) in [4.78, 5) is 2.61. The highest BCUT2D eigenvalue weighted by atomic mass is 15.1. The molecule has 0 N–H and O–H groups in total. The van der Waals surface area contributed by atoms with Gasteiger partial charge in [0.1, 0.15) is 0 Å². The van der Waals surface area contributed by atoms with Crippen molar-refractivity contribution in [3.8, 4) is 55.6 Å².